The summed E-state index contributed by atoms with van der Waals surface area (Å²) >= 11 is 0. The SMILES string of the molecule is CCC(=O)OCC(C)(C)C=O. The number of carbonyl (C=O) groups excluding carboxylic acids is 2. The second kappa shape index (κ2) is 4.11. The Morgan fingerprint density at radius 2 is 2.09 bits per heavy atom. The van der Waals surface area contributed by atoms with E-state index in [9.17, 15) is 9.59 Å². The van der Waals surface area contributed by atoms with Crippen LogP contribution in [0.3, 0.4) is 0 Å². The number of carbonyl (C=O) groups is 2. The summed E-state index contributed by atoms with van der Waals surface area (Å²) in [4.78, 5) is 21.0. The van der Waals surface area contributed by atoms with Gasteiger partial charge in [-0.15, -0.1) is 0 Å². The highest BCUT2D eigenvalue weighted by atomic mass is 16.5. The number of esters is 1. The molecule has 0 radical (unpaired) electrons. The van der Waals surface area contributed by atoms with Gasteiger partial charge in [0.25, 0.3) is 0 Å². The van der Waals surface area contributed by atoms with Crippen LogP contribution in [0.15, 0.2) is 0 Å². The van der Waals surface area contributed by atoms with Crippen LogP contribution in [0.4, 0.5) is 0 Å². The van der Waals surface area contributed by atoms with E-state index in [1.165, 1.54) is 0 Å². The Kier molecular flexibility index (Phi) is 3.79. The van der Waals surface area contributed by atoms with Crippen LogP contribution in [-0.4, -0.2) is 18.9 Å². The van der Waals surface area contributed by atoms with Crippen LogP contribution in [0, 0.1) is 5.41 Å². The van der Waals surface area contributed by atoms with E-state index >= 15 is 0 Å². The Labute approximate surface area is 66.7 Å². The van der Waals surface area contributed by atoms with Crippen LogP contribution >= 0.6 is 0 Å². The van der Waals surface area contributed by atoms with Crippen LogP contribution in [0.2, 0.25) is 0 Å². The minimum absolute atomic E-state index is 0.170. The molecule has 0 aromatic heterocycles. The first kappa shape index (κ1) is 10.1. The van der Waals surface area contributed by atoms with Crippen molar-refractivity contribution in [3.63, 3.8) is 0 Å². The van der Waals surface area contributed by atoms with Crippen molar-refractivity contribution >= 4 is 12.3 Å². The molecular weight excluding hydrogens is 144 g/mol. The molecule has 0 fully saturated rings. The highest BCUT2D eigenvalue weighted by molar-refractivity contribution is 5.69. The van der Waals surface area contributed by atoms with Gasteiger partial charge in [0.2, 0.25) is 0 Å². The zero-order valence-electron chi connectivity index (χ0n) is 7.22. The summed E-state index contributed by atoms with van der Waals surface area (Å²) < 4.78 is 4.78. The third-order valence-corrected chi connectivity index (χ3v) is 1.21. The lowest BCUT2D eigenvalue weighted by atomic mass is 9.98. The summed E-state index contributed by atoms with van der Waals surface area (Å²) in [5.41, 5.74) is -0.551. The smallest absolute Gasteiger partial charge is 0.305 e. The van der Waals surface area contributed by atoms with Crippen molar-refractivity contribution in [1.29, 1.82) is 0 Å². The van der Waals surface area contributed by atoms with Gasteiger partial charge in [0, 0.05) is 6.42 Å². The predicted octanol–water partition coefficient (Wildman–Crippen LogP) is 1.16. The lowest BCUT2D eigenvalue weighted by molar-refractivity contribution is -0.147. The molecule has 0 heterocycles. The van der Waals surface area contributed by atoms with Gasteiger partial charge in [-0.3, -0.25) is 4.79 Å². The second-order valence-corrected chi connectivity index (χ2v) is 3.12. The van der Waals surface area contributed by atoms with Crippen LogP contribution in [0.1, 0.15) is 27.2 Å². The third kappa shape index (κ3) is 4.53. The molecule has 0 aromatic carbocycles. The molecule has 64 valence electrons. The minimum Gasteiger partial charge on any atom is -0.465 e. The van der Waals surface area contributed by atoms with E-state index in [2.05, 4.69) is 0 Å². The van der Waals surface area contributed by atoms with Gasteiger partial charge >= 0.3 is 5.97 Å². The molecule has 0 N–H and O–H groups in total. The zero-order valence-corrected chi connectivity index (χ0v) is 7.22. The maximum Gasteiger partial charge on any atom is 0.305 e. The first-order valence-electron chi connectivity index (χ1n) is 3.64. The van der Waals surface area contributed by atoms with Gasteiger partial charge in [0.05, 0.1) is 5.41 Å². The molecule has 0 bridgehead atoms. The van der Waals surface area contributed by atoms with Gasteiger partial charge in [0.1, 0.15) is 12.9 Å². The van der Waals surface area contributed by atoms with Crippen molar-refractivity contribution in [3.05, 3.63) is 0 Å². The maximum atomic E-state index is 10.6. The average molecular weight is 158 g/mol. The molecule has 0 spiro atoms. The van der Waals surface area contributed by atoms with Crippen LogP contribution in [0.5, 0.6) is 0 Å². The van der Waals surface area contributed by atoms with E-state index in [4.69, 9.17) is 4.74 Å². The Bertz CT molecular complexity index is 149. The summed E-state index contributed by atoms with van der Waals surface area (Å²) in [5, 5.41) is 0. The molecule has 0 unspecified atom stereocenters. The molecular formula is C8H14O3. The quantitative estimate of drug-likeness (QED) is 0.455. The number of aldehydes is 1. The molecule has 3 heteroatoms. The van der Waals surface area contributed by atoms with E-state index in [-0.39, 0.29) is 12.6 Å². The lowest BCUT2D eigenvalue weighted by Crippen LogP contribution is -2.22. The number of rotatable bonds is 4. The van der Waals surface area contributed by atoms with Crippen molar-refractivity contribution in [2.45, 2.75) is 27.2 Å². The van der Waals surface area contributed by atoms with Crippen molar-refractivity contribution in [3.8, 4) is 0 Å². The van der Waals surface area contributed by atoms with Gasteiger partial charge in [-0.1, -0.05) is 6.92 Å². The van der Waals surface area contributed by atoms with E-state index < -0.39 is 5.41 Å². The van der Waals surface area contributed by atoms with Crippen molar-refractivity contribution in [2.24, 2.45) is 5.41 Å². The van der Waals surface area contributed by atoms with E-state index in [0.29, 0.717) is 6.42 Å². The Morgan fingerprint density at radius 3 is 2.45 bits per heavy atom. The first-order valence-corrected chi connectivity index (χ1v) is 3.64. The number of ether oxygens (including phenoxy) is 1. The molecule has 0 saturated carbocycles. The molecule has 0 saturated heterocycles. The fraction of sp³-hybridized carbons (Fsp3) is 0.750. The topological polar surface area (TPSA) is 43.4 Å². The van der Waals surface area contributed by atoms with Crippen LogP contribution in [0.25, 0.3) is 0 Å². The van der Waals surface area contributed by atoms with Crippen molar-refractivity contribution in [1.82, 2.24) is 0 Å². The Hall–Kier alpha value is -0.860. The van der Waals surface area contributed by atoms with Gasteiger partial charge in [-0.2, -0.15) is 0 Å². The first-order chi connectivity index (χ1) is 5.02. The fourth-order valence-corrected chi connectivity index (χ4v) is 0.403. The summed E-state index contributed by atoms with van der Waals surface area (Å²) in [6.45, 7) is 5.34. The highest BCUT2D eigenvalue weighted by Crippen LogP contribution is 2.10. The molecule has 0 aromatic rings. The predicted molar refractivity (Wildman–Crippen MR) is 41.1 cm³/mol. The zero-order chi connectivity index (χ0) is 8.91. The van der Waals surface area contributed by atoms with E-state index in [1.807, 2.05) is 0 Å². The molecule has 0 aliphatic carbocycles. The molecule has 0 atom stereocenters. The Balaban J connectivity index is 3.69. The summed E-state index contributed by atoms with van der Waals surface area (Å²) in [6, 6.07) is 0. The molecule has 3 nitrogen and oxygen atoms in total. The monoisotopic (exact) mass is 158 g/mol. The highest BCUT2D eigenvalue weighted by Gasteiger charge is 2.18. The van der Waals surface area contributed by atoms with Gasteiger partial charge in [-0.05, 0) is 13.8 Å². The number of hydrogen-bond acceptors (Lipinski definition) is 3. The third-order valence-electron chi connectivity index (χ3n) is 1.21. The lowest BCUT2D eigenvalue weighted by Gasteiger charge is -2.15. The van der Waals surface area contributed by atoms with E-state index in [1.54, 1.807) is 20.8 Å². The minimum atomic E-state index is -0.551. The molecule has 0 rings (SSSR count). The van der Waals surface area contributed by atoms with Crippen molar-refractivity contribution in [2.75, 3.05) is 6.61 Å². The standard InChI is InChI=1S/C8H14O3/c1-4-7(10)11-6-8(2,3)5-9/h5H,4,6H2,1-3H3. The van der Waals surface area contributed by atoms with Gasteiger partial charge < -0.3 is 9.53 Å². The van der Waals surface area contributed by atoms with E-state index in [0.717, 1.165) is 6.29 Å². The van der Waals surface area contributed by atoms with Gasteiger partial charge in [-0.25, -0.2) is 0 Å². The molecule has 0 aliphatic heterocycles. The van der Waals surface area contributed by atoms with Crippen molar-refractivity contribution < 1.29 is 14.3 Å². The summed E-state index contributed by atoms with van der Waals surface area (Å²) in [5.74, 6) is -0.264. The average Bonchev–Trinajstić information content (AvgIpc) is 2.00. The molecule has 0 amide bonds. The van der Waals surface area contributed by atoms with Crippen LogP contribution in [-0.2, 0) is 14.3 Å². The second-order valence-electron chi connectivity index (χ2n) is 3.12. The summed E-state index contributed by atoms with van der Waals surface area (Å²) in [6.07, 6.45) is 1.14. The molecule has 11 heavy (non-hydrogen) atoms. The van der Waals surface area contributed by atoms with Gasteiger partial charge in [0.15, 0.2) is 0 Å². The summed E-state index contributed by atoms with van der Waals surface area (Å²) in [7, 11) is 0. The fourth-order valence-electron chi connectivity index (χ4n) is 0.403. The normalized spacial score (nSPS) is 10.8. The Morgan fingerprint density at radius 1 is 1.55 bits per heavy atom. The van der Waals surface area contributed by atoms with Crippen LogP contribution < -0.4 is 0 Å². The largest absolute Gasteiger partial charge is 0.465 e. The molecule has 0 aliphatic rings. The number of hydrogen-bond donors (Lipinski definition) is 0. The maximum absolute atomic E-state index is 10.6.